The van der Waals surface area contributed by atoms with Crippen molar-refractivity contribution >= 4 is 17.4 Å². The molecule has 2 rings (SSSR count). The van der Waals surface area contributed by atoms with E-state index in [0.717, 1.165) is 43.0 Å². The first kappa shape index (κ1) is 15.0. The first-order valence-electron chi connectivity index (χ1n) is 7.06. The first-order valence-corrected chi connectivity index (χ1v) is 7.44. The SMILES string of the molecule is CC[NH+]1CCc2c(C#N)c(Cl)[nH+]c(NCCCO)c2C1. The van der Waals surface area contributed by atoms with Crippen molar-refractivity contribution in [2.45, 2.75) is 26.3 Å². The smallest absolute Gasteiger partial charge is 0.282 e. The zero-order valence-corrected chi connectivity index (χ0v) is 12.5. The summed E-state index contributed by atoms with van der Waals surface area (Å²) < 4.78 is 0. The minimum atomic E-state index is 0.158. The molecule has 2 heterocycles. The van der Waals surface area contributed by atoms with Crippen LogP contribution in [0.1, 0.15) is 30.0 Å². The van der Waals surface area contributed by atoms with Crippen molar-refractivity contribution in [3.05, 3.63) is 21.8 Å². The molecule has 1 aromatic heterocycles. The Bertz CT molecular complexity index is 527. The van der Waals surface area contributed by atoms with E-state index in [9.17, 15) is 5.26 Å². The normalized spacial score (nSPS) is 17.4. The topological polar surface area (TPSA) is 74.6 Å². The van der Waals surface area contributed by atoms with Crippen LogP contribution >= 0.6 is 11.6 Å². The molecule has 0 aliphatic carbocycles. The van der Waals surface area contributed by atoms with Crippen molar-refractivity contribution < 1.29 is 15.0 Å². The third kappa shape index (κ3) is 3.04. The minimum absolute atomic E-state index is 0.158. The molecule has 20 heavy (non-hydrogen) atoms. The number of aromatic nitrogens is 1. The Labute approximate surface area is 124 Å². The number of hydrogen-bond acceptors (Lipinski definition) is 3. The molecular formula is C14H21ClN4O+2. The molecule has 0 amide bonds. The summed E-state index contributed by atoms with van der Waals surface area (Å²) in [5.74, 6) is 0.892. The van der Waals surface area contributed by atoms with E-state index in [-0.39, 0.29) is 6.61 Å². The highest BCUT2D eigenvalue weighted by atomic mass is 35.5. The number of anilines is 1. The van der Waals surface area contributed by atoms with Gasteiger partial charge in [-0.05, 0) is 24.1 Å². The number of nitriles is 1. The van der Waals surface area contributed by atoms with Gasteiger partial charge in [0.05, 0.1) is 25.2 Å². The van der Waals surface area contributed by atoms with Crippen molar-refractivity contribution in [1.29, 1.82) is 5.26 Å². The Morgan fingerprint density at radius 2 is 2.30 bits per heavy atom. The van der Waals surface area contributed by atoms with Gasteiger partial charge in [0, 0.05) is 19.4 Å². The Balaban J connectivity index is 2.37. The number of fused-ring (bicyclic) bond motifs is 1. The van der Waals surface area contributed by atoms with E-state index < -0.39 is 0 Å². The summed E-state index contributed by atoms with van der Waals surface area (Å²) in [7, 11) is 0. The summed E-state index contributed by atoms with van der Waals surface area (Å²) in [5.41, 5.74) is 2.80. The van der Waals surface area contributed by atoms with Gasteiger partial charge in [0.15, 0.2) is 0 Å². The van der Waals surface area contributed by atoms with Crippen LogP contribution in [0.25, 0.3) is 0 Å². The van der Waals surface area contributed by atoms with Crippen LogP contribution in [-0.2, 0) is 13.0 Å². The van der Waals surface area contributed by atoms with Crippen molar-refractivity contribution in [3.63, 3.8) is 0 Å². The lowest BCUT2D eigenvalue weighted by atomic mass is 9.96. The summed E-state index contributed by atoms with van der Waals surface area (Å²) in [6.45, 7) is 6.02. The summed E-state index contributed by atoms with van der Waals surface area (Å²) in [6, 6.07) is 2.21. The lowest BCUT2D eigenvalue weighted by Gasteiger charge is -2.25. The van der Waals surface area contributed by atoms with E-state index in [2.05, 4.69) is 23.3 Å². The molecule has 1 atom stereocenters. The molecule has 1 aliphatic heterocycles. The van der Waals surface area contributed by atoms with E-state index in [1.165, 1.54) is 4.90 Å². The highest BCUT2D eigenvalue weighted by molar-refractivity contribution is 6.29. The standard InChI is InChI=1S/C14H19ClN4O/c1-2-19-6-4-10-11(8-16)13(15)18-14(12(10)9-19)17-5-3-7-20/h20H,2-7,9H2,1H3,(H,17,18)/p+2. The lowest BCUT2D eigenvalue weighted by Crippen LogP contribution is -3.11. The molecule has 1 aliphatic rings. The van der Waals surface area contributed by atoms with Gasteiger partial charge in [-0.2, -0.15) is 5.26 Å². The van der Waals surface area contributed by atoms with E-state index in [0.29, 0.717) is 23.7 Å². The second-order valence-corrected chi connectivity index (χ2v) is 5.42. The maximum atomic E-state index is 9.29. The number of aliphatic hydroxyl groups excluding tert-OH is 1. The number of likely N-dealkylation sites (N-methyl/N-ethyl adjacent to an activating group) is 1. The second kappa shape index (κ2) is 6.89. The monoisotopic (exact) mass is 296 g/mol. The number of rotatable bonds is 5. The molecule has 0 saturated heterocycles. The Morgan fingerprint density at radius 1 is 1.50 bits per heavy atom. The largest absolute Gasteiger partial charge is 0.396 e. The molecule has 0 bridgehead atoms. The zero-order valence-electron chi connectivity index (χ0n) is 11.7. The zero-order chi connectivity index (χ0) is 14.5. The number of nitrogens with one attached hydrogen (secondary N) is 3. The quantitative estimate of drug-likeness (QED) is 0.519. The number of halogens is 1. The highest BCUT2D eigenvalue weighted by Gasteiger charge is 2.29. The van der Waals surface area contributed by atoms with Crippen molar-refractivity contribution in [3.8, 4) is 6.07 Å². The third-order valence-corrected chi connectivity index (χ3v) is 4.11. The maximum Gasteiger partial charge on any atom is 0.282 e. The van der Waals surface area contributed by atoms with Crippen LogP contribution in [0.4, 0.5) is 5.82 Å². The number of H-pyrrole nitrogens is 1. The van der Waals surface area contributed by atoms with Crippen LogP contribution in [0.5, 0.6) is 0 Å². The molecule has 0 fully saturated rings. The third-order valence-electron chi connectivity index (χ3n) is 3.83. The van der Waals surface area contributed by atoms with Crippen LogP contribution < -0.4 is 15.2 Å². The lowest BCUT2D eigenvalue weighted by molar-refractivity contribution is -0.914. The molecule has 108 valence electrons. The predicted octanol–water partition coefficient (Wildman–Crippen LogP) is -0.219. The van der Waals surface area contributed by atoms with Crippen LogP contribution in [0.2, 0.25) is 5.15 Å². The summed E-state index contributed by atoms with van der Waals surface area (Å²) in [5, 5.41) is 21.9. The van der Waals surface area contributed by atoms with E-state index >= 15 is 0 Å². The van der Waals surface area contributed by atoms with Crippen molar-refractivity contribution in [2.75, 3.05) is 31.6 Å². The van der Waals surface area contributed by atoms with Gasteiger partial charge in [-0.15, -0.1) is 0 Å². The molecule has 5 nitrogen and oxygen atoms in total. The van der Waals surface area contributed by atoms with Gasteiger partial charge in [-0.25, -0.2) is 4.98 Å². The van der Waals surface area contributed by atoms with Crippen molar-refractivity contribution in [2.24, 2.45) is 0 Å². The van der Waals surface area contributed by atoms with Gasteiger partial charge in [-0.3, -0.25) is 5.32 Å². The fraction of sp³-hybridized carbons (Fsp3) is 0.571. The first-order chi connectivity index (χ1) is 9.71. The van der Waals surface area contributed by atoms with Gasteiger partial charge < -0.3 is 10.0 Å². The van der Waals surface area contributed by atoms with Gasteiger partial charge >= 0.3 is 0 Å². The van der Waals surface area contributed by atoms with Crippen LogP contribution in [-0.4, -0.2) is 31.3 Å². The summed E-state index contributed by atoms with van der Waals surface area (Å²) in [6.07, 6.45) is 1.56. The Morgan fingerprint density at radius 3 is 2.95 bits per heavy atom. The van der Waals surface area contributed by atoms with Crippen LogP contribution in [0.15, 0.2) is 0 Å². The highest BCUT2D eigenvalue weighted by Crippen LogP contribution is 2.25. The van der Waals surface area contributed by atoms with Gasteiger partial charge in [0.25, 0.3) is 5.82 Å². The molecule has 1 unspecified atom stereocenters. The molecule has 4 N–H and O–H groups in total. The number of hydrogen-bond donors (Lipinski definition) is 3. The van der Waals surface area contributed by atoms with Crippen molar-refractivity contribution in [1.82, 2.24) is 0 Å². The Kier molecular flexibility index (Phi) is 5.18. The average molecular weight is 297 g/mol. The molecular weight excluding hydrogens is 276 g/mol. The van der Waals surface area contributed by atoms with Gasteiger partial charge in [0.2, 0.25) is 5.15 Å². The van der Waals surface area contributed by atoms with Gasteiger partial charge in [-0.1, -0.05) is 0 Å². The predicted molar refractivity (Wildman–Crippen MR) is 76.7 cm³/mol. The molecule has 0 aromatic carbocycles. The van der Waals surface area contributed by atoms with Gasteiger partial charge in [0.1, 0.15) is 18.2 Å². The van der Waals surface area contributed by atoms with E-state index in [4.69, 9.17) is 16.7 Å². The van der Waals surface area contributed by atoms with E-state index in [1.807, 2.05) is 0 Å². The van der Waals surface area contributed by atoms with Crippen LogP contribution in [0, 0.1) is 11.3 Å². The maximum absolute atomic E-state index is 9.29. The number of pyridine rings is 1. The number of nitrogens with zero attached hydrogens (tertiary/aromatic N) is 1. The number of aromatic amines is 1. The summed E-state index contributed by atoms with van der Waals surface area (Å²) >= 11 is 6.18. The molecule has 0 radical (unpaired) electrons. The summed E-state index contributed by atoms with van der Waals surface area (Å²) in [4.78, 5) is 4.60. The number of quaternary nitrogens is 1. The van der Waals surface area contributed by atoms with Crippen LogP contribution in [0.3, 0.4) is 0 Å². The number of aliphatic hydroxyl groups is 1. The second-order valence-electron chi connectivity index (χ2n) is 5.04. The van der Waals surface area contributed by atoms with E-state index in [1.54, 1.807) is 0 Å². The Hall–Kier alpha value is -1.35. The molecule has 0 saturated carbocycles. The fourth-order valence-electron chi connectivity index (χ4n) is 2.65. The minimum Gasteiger partial charge on any atom is -0.396 e. The molecule has 0 spiro atoms. The molecule has 1 aromatic rings. The average Bonchev–Trinajstić information content (AvgIpc) is 2.47. The molecule has 6 heteroatoms. The fourth-order valence-corrected chi connectivity index (χ4v) is 2.91.